The lowest BCUT2D eigenvalue weighted by molar-refractivity contribution is 0.100. The van der Waals surface area contributed by atoms with E-state index >= 15 is 0 Å². The number of hydrogen-bond acceptors (Lipinski definition) is 5. The minimum Gasteiger partial charge on any atom is -0.312 e. The minimum atomic E-state index is 0.120. The molecule has 3 heterocycles. The number of para-hydroxylation sites is 1. The van der Waals surface area contributed by atoms with Crippen LogP contribution in [-0.4, -0.2) is 35.4 Å². The Morgan fingerprint density at radius 1 is 1.24 bits per heavy atom. The Hall–Kier alpha value is -2.27. The molecule has 0 saturated carbocycles. The van der Waals surface area contributed by atoms with E-state index in [1.54, 1.807) is 0 Å². The van der Waals surface area contributed by atoms with Gasteiger partial charge >= 0.3 is 0 Å². The molecule has 0 bridgehead atoms. The molecule has 1 aromatic carbocycles. The average Bonchev–Trinajstić information content (AvgIpc) is 3.19. The van der Waals surface area contributed by atoms with Gasteiger partial charge in [0.25, 0.3) is 0 Å². The highest BCUT2D eigenvalue weighted by Crippen LogP contribution is 2.29. The zero-order valence-corrected chi connectivity index (χ0v) is 12.1. The molecule has 0 atom stereocenters. The van der Waals surface area contributed by atoms with Crippen LogP contribution in [0.2, 0.25) is 0 Å². The highest BCUT2D eigenvalue weighted by molar-refractivity contribution is 7.12. The highest BCUT2D eigenvalue weighted by atomic mass is 32.1. The predicted molar refractivity (Wildman–Crippen MR) is 84.9 cm³/mol. The van der Waals surface area contributed by atoms with Crippen molar-refractivity contribution < 1.29 is 4.79 Å². The molecule has 4 rings (SSSR count). The van der Waals surface area contributed by atoms with Crippen molar-refractivity contribution in [2.24, 2.45) is 9.98 Å². The summed E-state index contributed by atoms with van der Waals surface area (Å²) in [4.78, 5) is 24.5. The van der Waals surface area contributed by atoms with Gasteiger partial charge in [-0.15, -0.1) is 11.3 Å². The van der Waals surface area contributed by atoms with Gasteiger partial charge in [-0.2, -0.15) is 0 Å². The topological polar surface area (TPSA) is 45.0 Å². The van der Waals surface area contributed by atoms with Crippen LogP contribution in [0.15, 0.2) is 51.8 Å². The van der Waals surface area contributed by atoms with Gasteiger partial charge in [-0.3, -0.25) is 9.79 Å². The molecular formula is C16H13N3OS. The summed E-state index contributed by atoms with van der Waals surface area (Å²) in [7, 11) is 0. The first-order chi connectivity index (χ1) is 10.3. The second kappa shape index (κ2) is 4.93. The number of nitrogens with zero attached hydrogens (tertiary/aromatic N) is 3. The van der Waals surface area contributed by atoms with Gasteiger partial charge in [0.2, 0.25) is 0 Å². The third kappa shape index (κ3) is 2.10. The molecule has 0 spiro atoms. The van der Waals surface area contributed by atoms with Crippen molar-refractivity contribution in [2.75, 3.05) is 13.1 Å². The Bertz CT molecular complexity index is 762. The second-order valence-corrected chi connectivity index (χ2v) is 5.93. The molecule has 0 aliphatic carbocycles. The van der Waals surface area contributed by atoms with Gasteiger partial charge in [0, 0.05) is 12.1 Å². The molecule has 0 N–H and O–H groups in total. The Morgan fingerprint density at radius 3 is 3.00 bits per heavy atom. The van der Waals surface area contributed by atoms with E-state index < -0.39 is 0 Å². The quantitative estimate of drug-likeness (QED) is 0.817. The van der Waals surface area contributed by atoms with Crippen molar-refractivity contribution >= 4 is 34.5 Å². The van der Waals surface area contributed by atoms with Gasteiger partial charge in [0.1, 0.15) is 11.7 Å². The largest absolute Gasteiger partial charge is 0.312 e. The number of ketones is 1. The lowest BCUT2D eigenvalue weighted by Gasteiger charge is -2.27. The van der Waals surface area contributed by atoms with Crippen LogP contribution >= 0.6 is 11.3 Å². The Labute approximate surface area is 126 Å². The Kier molecular flexibility index (Phi) is 2.93. The van der Waals surface area contributed by atoms with E-state index in [0.717, 1.165) is 40.9 Å². The monoisotopic (exact) mass is 295 g/mol. The van der Waals surface area contributed by atoms with Crippen molar-refractivity contribution in [3.05, 3.63) is 52.2 Å². The molecule has 2 aromatic rings. The lowest BCUT2D eigenvalue weighted by Crippen LogP contribution is -2.38. The third-order valence-corrected chi connectivity index (χ3v) is 4.57. The Balaban J connectivity index is 1.71. The number of Topliss-reactive ketones (excluding diaryl/α,β-unsaturated/α-hetero) is 1. The van der Waals surface area contributed by atoms with E-state index in [0.29, 0.717) is 6.42 Å². The van der Waals surface area contributed by atoms with Crippen LogP contribution in [-0.2, 0) is 0 Å². The van der Waals surface area contributed by atoms with Crippen molar-refractivity contribution in [3.63, 3.8) is 0 Å². The fourth-order valence-electron chi connectivity index (χ4n) is 2.69. The van der Waals surface area contributed by atoms with E-state index in [9.17, 15) is 4.79 Å². The molecule has 5 heteroatoms. The number of benzene rings is 1. The summed E-state index contributed by atoms with van der Waals surface area (Å²) >= 11 is 1.48. The van der Waals surface area contributed by atoms with Crippen molar-refractivity contribution in [3.8, 4) is 0 Å². The molecule has 1 aromatic heterocycles. The van der Waals surface area contributed by atoms with Crippen LogP contribution in [0.25, 0.3) is 0 Å². The molecular weight excluding hydrogens is 282 g/mol. The summed E-state index contributed by atoms with van der Waals surface area (Å²) < 4.78 is 0. The first-order valence-electron chi connectivity index (χ1n) is 6.88. The third-order valence-electron chi connectivity index (χ3n) is 3.66. The SMILES string of the molecule is O=C(CC1=Nc2ccccc2C2=NCCN12)c1cccs1. The van der Waals surface area contributed by atoms with E-state index in [1.807, 2.05) is 41.8 Å². The lowest BCUT2D eigenvalue weighted by atomic mass is 10.1. The van der Waals surface area contributed by atoms with Gasteiger partial charge in [-0.25, -0.2) is 4.99 Å². The number of amidine groups is 2. The number of rotatable bonds is 3. The normalized spacial score (nSPS) is 16.1. The van der Waals surface area contributed by atoms with Crippen molar-refractivity contribution in [2.45, 2.75) is 6.42 Å². The summed E-state index contributed by atoms with van der Waals surface area (Å²) in [5.74, 6) is 1.88. The number of carbonyl (C=O) groups is 1. The standard InChI is InChI=1S/C16H13N3OS/c20-13(14-6-3-9-21-14)10-15-18-12-5-2-1-4-11(12)16-17-7-8-19(15)16/h1-6,9H,7-8,10H2. The first-order valence-corrected chi connectivity index (χ1v) is 7.76. The predicted octanol–water partition coefficient (Wildman–Crippen LogP) is 3.13. The van der Waals surface area contributed by atoms with Crippen LogP contribution in [0.3, 0.4) is 0 Å². The van der Waals surface area contributed by atoms with E-state index in [4.69, 9.17) is 0 Å². The Morgan fingerprint density at radius 2 is 2.14 bits per heavy atom. The van der Waals surface area contributed by atoms with E-state index in [2.05, 4.69) is 14.9 Å². The van der Waals surface area contributed by atoms with Gasteiger partial charge in [-0.1, -0.05) is 18.2 Å². The summed E-state index contributed by atoms with van der Waals surface area (Å²) in [5.41, 5.74) is 1.96. The fraction of sp³-hybridized carbons (Fsp3) is 0.188. The number of aliphatic imine (C=N–C) groups is 2. The molecule has 0 amide bonds. The highest BCUT2D eigenvalue weighted by Gasteiger charge is 2.30. The number of thiophene rings is 1. The van der Waals surface area contributed by atoms with Crippen LogP contribution in [0, 0.1) is 0 Å². The van der Waals surface area contributed by atoms with E-state index in [1.165, 1.54) is 11.3 Å². The zero-order valence-electron chi connectivity index (χ0n) is 11.3. The van der Waals surface area contributed by atoms with Gasteiger partial charge < -0.3 is 4.90 Å². The molecule has 2 aliphatic rings. The summed E-state index contributed by atoms with van der Waals surface area (Å²) in [5, 5.41) is 1.92. The number of fused-ring (bicyclic) bond motifs is 3. The smallest absolute Gasteiger partial charge is 0.180 e. The molecule has 2 aliphatic heterocycles. The molecule has 4 nitrogen and oxygen atoms in total. The molecule has 0 radical (unpaired) electrons. The van der Waals surface area contributed by atoms with Crippen LogP contribution in [0.4, 0.5) is 5.69 Å². The number of hydrogen-bond donors (Lipinski definition) is 0. The molecule has 21 heavy (non-hydrogen) atoms. The number of carbonyl (C=O) groups excluding carboxylic acids is 1. The van der Waals surface area contributed by atoms with Crippen LogP contribution in [0.1, 0.15) is 21.7 Å². The van der Waals surface area contributed by atoms with Crippen LogP contribution < -0.4 is 0 Å². The molecule has 104 valence electrons. The molecule has 0 saturated heterocycles. The van der Waals surface area contributed by atoms with Crippen molar-refractivity contribution in [1.82, 2.24) is 4.90 Å². The maximum atomic E-state index is 12.3. The van der Waals surface area contributed by atoms with Crippen LogP contribution in [0.5, 0.6) is 0 Å². The van der Waals surface area contributed by atoms with Gasteiger partial charge in [0.15, 0.2) is 5.78 Å². The second-order valence-electron chi connectivity index (χ2n) is 4.98. The average molecular weight is 295 g/mol. The van der Waals surface area contributed by atoms with E-state index in [-0.39, 0.29) is 5.78 Å². The van der Waals surface area contributed by atoms with Crippen molar-refractivity contribution in [1.29, 1.82) is 0 Å². The van der Waals surface area contributed by atoms with Gasteiger partial charge in [-0.05, 0) is 23.6 Å². The van der Waals surface area contributed by atoms with Gasteiger partial charge in [0.05, 0.1) is 23.5 Å². The summed E-state index contributed by atoms with van der Waals surface area (Å²) in [6.45, 7) is 1.57. The zero-order chi connectivity index (χ0) is 14.2. The molecule has 0 unspecified atom stereocenters. The summed E-state index contributed by atoms with van der Waals surface area (Å²) in [6.07, 6.45) is 0.327. The first kappa shape index (κ1) is 12.5. The fourth-order valence-corrected chi connectivity index (χ4v) is 3.36. The minimum absolute atomic E-state index is 0.120. The maximum absolute atomic E-state index is 12.3. The summed E-state index contributed by atoms with van der Waals surface area (Å²) in [6, 6.07) is 11.7. The molecule has 0 fully saturated rings. The maximum Gasteiger partial charge on any atom is 0.180 e.